The van der Waals surface area contributed by atoms with Gasteiger partial charge in [0.1, 0.15) is 18.5 Å². The third kappa shape index (κ3) is 8.56. The molecule has 0 aliphatic carbocycles. The second-order valence-corrected chi connectivity index (χ2v) is 5.75. The fraction of sp³-hybridized carbons (Fsp3) is 0.846. The summed E-state index contributed by atoms with van der Waals surface area (Å²) in [6.45, 7) is 11.3. The van der Waals surface area contributed by atoms with Crippen molar-refractivity contribution < 1.29 is 19.1 Å². The van der Waals surface area contributed by atoms with E-state index in [1.807, 2.05) is 20.8 Å². The Labute approximate surface area is 115 Å². The fourth-order valence-electron chi connectivity index (χ4n) is 1.57. The van der Waals surface area contributed by atoms with E-state index in [1.54, 1.807) is 20.8 Å². The summed E-state index contributed by atoms with van der Waals surface area (Å²) in [5.41, 5.74) is 4.84. The molecule has 0 spiro atoms. The topological polar surface area (TPSA) is 76.7 Å². The van der Waals surface area contributed by atoms with Crippen LogP contribution >= 0.6 is 0 Å². The largest absolute Gasteiger partial charge is 0.443 e. The van der Waals surface area contributed by atoms with Crippen molar-refractivity contribution in [1.82, 2.24) is 10.9 Å². The lowest BCUT2D eigenvalue weighted by atomic mass is 10.0. The highest BCUT2D eigenvalue weighted by molar-refractivity contribution is 5.67. The van der Waals surface area contributed by atoms with E-state index in [0.717, 1.165) is 0 Å². The molecule has 1 amide bonds. The van der Waals surface area contributed by atoms with Crippen LogP contribution in [0.2, 0.25) is 0 Å². The van der Waals surface area contributed by atoms with Crippen LogP contribution in [0.4, 0.5) is 4.79 Å². The molecule has 0 heterocycles. The SMILES string of the molecule is CC(C)[C@H](NNC(=O)OC(C)(C)C)C(C)OCC=O. The molecule has 2 atom stereocenters. The molecular weight excluding hydrogens is 248 g/mol. The van der Waals surface area contributed by atoms with Crippen molar-refractivity contribution in [2.24, 2.45) is 5.92 Å². The monoisotopic (exact) mass is 274 g/mol. The van der Waals surface area contributed by atoms with Crippen molar-refractivity contribution >= 4 is 12.4 Å². The summed E-state index contributed by atoms with van der Waals surface area (Å²) in [5.74, 6) is 0.219. The lowest BCUT2D eigenvalue weighted by Gasteiger charge is -2.29. The van der Waals surface area contributed by atoms with Crippen molar-refractivity contribution in [2.45, 2.75) is 59.3 Å². The highest BCUT2D eigenvalue weighted by Gasteiger charge is 2.23. The van der Waals surface area contributed by atoms with Crippen LogP contribution in [-0.4, -0.2) is 36.7 Å². The van der Waals surface area contributed by atoms with Gasteiger partial charge in [0.25, 0.3) is 0 Å². The summed E-state index contributed by atoms with van der Waals surface area (Å²) in [7, 11) is 0. The van der Waals surface area contributed by atoms with E-state index in [-0.39, 0.29) is 24.7 Å². The Hall–Kier alpha value is -1.14. The number of carbonyl (C=O) groups excluding carboxylic acids is 2. The lowest BCUT2D eigenvalue weighted by Crippen LogP contribution is -2.53. The first-order chi connectivity index (χ1) is 8.67. The van der Waals surface area contributed by atoms with E-state index in [0.29, 0.717) is 6.29 Å². The first-order valence-electron chi connectivity index (χ1n) is 6.47. The molecule has 2 N–H and O–H groups in total. The molecule has 0 bridgehead atoms. The number of hydrogen-bond donors (Lipinski definition) is 2. The molecule has 0 fully saturated rings. The Balaban J connectivity index is 4.28. The molecule has 0 radical (unpaired) electrons. The van der Waals surface area contributed by atoms with E-state index in [1.165, 1.54) is 0 Å². The van der Waals surface area contributed by atoms with Crippen LogP contribution in [0.25, 0.3) is 0 Å². The number of carbonyl (C=O) groups is 2. The second-order valence-electron chi connectivity index (χ2n) is 5.75. The number of nitrogens with one attached hydrogen (secondary N) is 2. The second kappa shape index (κ2) is 8.12. The summed E-state index contributed by atoms with van der Waals surface area (Å²) in [6.07, 6.45) is -0.0456. The third-order valence-electron chi connectivity index (χ3n) is 2.39. The lowest BCUT2D eigenvalue weighted by molar-refractivity contribution is -0.114. The van der Waals surface area contributed by atoms with Crippen molar-refractivity contribution in [2.75, 3.05) is 6.61 Å². The van der Waals surface area contributed by atoms with Crippen molar-refractivity contribution in [1.29, 1.82) is 0 Å². The first kappa shape index (κ1) is 17.9. The Morgan fingerprint density at radius 3 is 2.26 bits per heavy atom. The van der Waals surface area contributed by atoms with Gasteiger partial charge < -0.3 is 14.3 Å². The molecule has 19 heavy (non-hydrogen) atoms. The predicted molar refractivity (Wildman–Crippen MR) is 72.6 cm³/mol. The van der Waals surface area contributed by atoms with E-state index in [9.17, 15) is 9.59 Å². The van der Waals surface area contributed by atoms with E-state index in [2.05, 4.69) is 10.9 Å². The Morgan fingerprint density at radius 1 is 1.26 bits per heavy atom. The van der Waals surface area contributed by atoms with Crippen molar-refractivity contribution in [3.05, 3.63) is 0 Å². The molecule has 112 valence electrons. The molecule has 0 aliphatic heterocycles. The van der Waals surface area contributed by atoms with Crippen LogP contribution in [0.15, 0.2) is 0 Å². The van der Waals surface area contributed by atoms with Gasteiger partial charge in [0.2, 0.25) is 0 Å². The number of ether oxygens (including phenoxy) is 2. The van der Waals surface area contributed by atoms with Gasteiger partial charge in [-0.1, -0.05) is 13.8 Å². The van der Waals surface area contributed by atoms with Gasteiger partial charge in [-0.05, 0) is 33.6 Å². The van der Waals surface area contributed by atoms with Gasteiger partial charge in [-0.15, -0.1) is 0 Å². The van der Waals surface area contributed by atoms with Gasteiger partial charge >= 0.3 is 6.09 Å². The smallest absolute Gasteiger partial charge is 0.422 e. The third-order valence-corrected chi connectivity index (χ3v) is 2.39. The average molecular weight is 274 g/mol. The zero-order chi connectivity index (χ0) is 15.1. The van der Waals surface area contributed by atoms with E-state index < -0.39 is 11.7 Å². The molecule has 0 rings (SSSR count). The van der Waals surface area contributed by atoms with Crippen LogP contribution < -0.4 is 10.9 Å². The molecule has 0 saturated carbocycles. The summed E-state index contributed by atoms with van der Waals surface area (Å²) in [5, 5.41) is 0. The quantitative estimate of drug-likeness (QED) is 0.545. The van der Waals surface area contributed by atoms with Gasteiger partial charge in [-0.2, -0.15) is 0 Å². The minimum Gasteiger partial charge on any atom is -0.443 e. The first-order valence-corrected chi connectivity index (χ1v) is 6.47. The predicted octanol–water partition coefficient (Wildman–Crippen LogP) is 1.64. The molecule has 0 aromatic carbocycles. The fourth-order valence-corrected chi connectivity index (χ4v) is 1.57. The highest BCUT2D eigenvalue weighted by Crippen LogP contribution is 2.09. The maximum absolute atomic E-state index is 11.5. The highest BCUT2D eigenvalue weighted by atomic mass is 16.6. The number of hydrazine groups is 1. The van der Waals surface area contributed by atoms with Crippen LogP contribution in [0, 0.1) is 5.92 Å². The average Bonchev–Trinajstić information content (AvgIpc) is 2.23. The minimum absolute atomic E-state index is 0.0402. The Bertz CT molecular complexity index is 287. The molecule has 0 aromatic rings. The van der Waals surface area contributed by atoms with Crippen LogP contribution in [0.3, 0.4) is 0 Å². The van der Waals surface area contributed by atoms with Gasteiger partial charge in [-0.3, -0.25) is 5.43 Å². The maximum Gasteiger partial charge on any atom is 0.422 e. The summed E-state index contributed by atoms with van der Waals surface area (Å²) in [4.78, 5) is 21.8. The molecule has 0 aliphatic rings. The zero-order valence-electron chi connectivity index (χ0n) is 12.6. The molecule has 6 nitrogen and oxygen atoms in total. The van der Waals surface area contributed by atoms with Crippen molar-refractivity contribution in [3.8, 4) is 0 Å². The van der Waals surface area contributed by atoms with Gasteiger partial charge in [0.05, 0.1) is 12.1 Å². The number of hydrogen-bond acceptors (Lipinski definition) is 5. The molecule has 6 heteroatoms. The van der Waals surface area contributed by atoms with Gasteiger partial charge in [0.15, 0.2) is 0 Å². The maximum atomic E-state index is 11.5. The van der Waals surface area contributed by atoms with Gasteiger partial charge in [-0.25, -0.2) is 10.2 Å². The Morgan fingerprint density at radius 2 is 1.84 bits per heavy atom. The number of amides is 1. The Kier molecular flexibility index (Phi) is 7.63. The molecule has 0 saturated heterocycles. The van der Waals surface area contributed by atoms with Crippen LogP contribution in [0.5, 0.6) is 0 Å². The molecule has 1 unspecified atom stereocenters. The normalized spacial score (nSPS) is 14.9. The molecule has 0 aromatic heterocycles. The zero-order valence-corrected chi connectivity index (χ0v) is 12.6. The van der Waals surface area contributed by atoms with Crippen LogP contribution in [-0.2, 0) is 14.3 Å². The molecular formula is C13H26N2O4. The number of aldehydes is 1. The van der Waals surface area contributed by atoms with Crippen molar-refractivity contribution in [3.63, 3.8) is 0 Å². The minimum atomic E-state index is -0.543. The van der Waals surface area contributed by atoms with E-state index in [4.69, 9.17) is 9.47 Å². The summed E-state index contributed by atoms with van der Waals surface area (Å²) in [6, 6.07) is -0.118. The summed E-state index contributed by atoms with van der Waals surface area (Å²) < 4.78 is 10.4. The van der Waals surface area contributed by atoms with Gasteiger partial charge in [0, 0.05) is 0 Å². The standard InChI is InChI=1S/C13H26N2O4/c1-9(2)11(10(3)18-8-7-16)14-15-12(17)19-13(4,5)6/h7,9-11,14H,8H2,1-6H3,(H,15,17)/t10?,11-/m0/s1. The van der Waals surface area contributed by atoms with Crippen LogP contribution in [0.1, 0.15) is 41.5 Å². The van der Waals surface area contributed by atoms with E-state index >= 15 is 0 Å². The summed E-state index contributed by atoms with van der Waals surface area (Å²) >= 11 is 0. The number of rotatable bonds is 7.